The molecule has 0 aliphatic rings. The summed E-state index contributed by atoms with van der Waals surface area (Å²) in [6.45, 7) is 1.86. The molecule has 2 aromatic carbocycles. The van der Waals surface area contributed by atoms with Crippen molar-refractivity contribution in [2.75, 3.05) is 0 Å². The summed E-state index contributed by atoms with van der Waals surface area (Å²) >= 11 is 5.93. The number of fused-ring (bicyclic) bond motifs is 1. The van der Waals surface area contributed by atoms with Crippen LogP contribution in [0.1, 0.15) is 16.1 Å². The van der Waals surface area contributed by atoms with Crippen LogP contribution in [0.15, 0.2) is 48.5 Å². The van der Waals surface area contributed by atoms with Gasteiger partial charge in [-0.2, -0.15) is 0 Å². The van der Waals surface area contributed by atoms with Gasteiger partial charge in [-0.25, -0.2) is 0 Å². The highest BCUT2D eigenvalue weighted by Gasteiger charge is 2.15. The molecule has 0 atom stereocenters. The molecule has 100 valence electrons. The van der Waals surface area contributed by atoms with E-state index < -0.39 is 0 Å². The van der Waals surface area contributed by atoms with Crippen molar-refractivity contribution in [3.63, 3.8) is 0 Å². The molecule has 3 rings (SSSR count). The summed E-state index contributed by atoms with van der Waals surface area (Å²) in [5.74, 6) is 0.0514. The number of aromatic nitrogens is 1. The van der Waals surface area contributed by atoms with Gasteiger partial charge in [-0.05, 0) is 49.4 Å². The van der Waals surface area contributed by atoms with E-state index in [9.17, 15) is 9.90 Å². The molecule has 0 saturated heterocycles. The fraction of sp³-hybridized carbons (Fsp3) is 0.0625. The summed E-state index contributed by atoms with van der Waals surface area (Å²) in [6, 6.07) is 13.7. The first-order chi connectivity index (χ1) is 9.56. The maximum absolute atomic E-state index is 12.6. The summed E-state index contributed by atoms with van der Waals surface area (Å²) in [6.07, 6.45) is 0. The number of hydrogen-bond acceptors (Lipinski definition) is 2. The van der Waals surface area contributed by atoms with Gasteiger partial charge < -0.3 is 5.11 Å². The van der Waals surface area contributed by atoms with E-state index in [1.54, 1.807) is 47.0 Å². The molecule has 0 fully saturated rings. The van der Waals surface area contributed by atoms with Crippen LogP contribution in [0.5, 0.6) is 5.75 Å². The van der Waals surface area contributed by atoms with E-state index >= 15 is 0 Å². The van der Waals surface area contributed by atoms with Crippen LogP contribution >= 0.6 is 11.6 Å². The number of carbonyl (C=O) groups excluding carboxylic acids is 1. The highest BCUT2D eigenvalue weighted by atomic mass is 35.5. The van der Waals surface area contributed by atoms with Crippen molar-refractivity contribution in [2.24, 2.45) is 0 Å². The second-order valence-corrected chi connectivity index (χ2v) is 5.12. The molecule has 0 radical (unpaired) electrons. The van der Waals surface area contributed by atoms with Gasteiger partial charge in [-0.3, -0.25) is 9.36 Å². The second kappa shape index (κ2) is 4.69. The average molecular weight is 286 g/mol. The number of benzene rings is 2. The lowest BCUT2D eigenvalue weighted by atomic mass is 10.2. The fourth-order valence-electron chi connectivity index (χ4n) is 2.36. The molecule has 1 N–H and O–H groups in total. The minimum atomic E-state index is -0.134. The summed E-state index contributed by atoms with van der Waals surface area (Å²) < 4.78 is 1.63. The van der Waals surface area contributed by atoms with Crippen molar-refractivity contribution in [1.29, 1.82) is 0 Å². The molecule has 0 aliphatic carbocycles. The lowest BCUT2D eigenvalue weighted by molar-refractivity contribution is 0.0963. The maximum atomic E-state index is 12.6. The first kappa shape index (κ1) is 12.8. The highest BCUT2D eigenvalue weighted by Crippen LogP contribution is 2.25. The lowest BCUT2D eigenvalue weighted by Gasteiger charge is -2.07. The number of nitrogens with zero attached hydrogens (tertiary/aromatic N) is 1. The smallest absolute Gasteiger partial charge is 0.262 e. The van der Waals surface area contributed by atoms with Crippen LogP contribution in [-0.4, -0.2) is 15.6 Å². The molecule has 0 amide bonds. The number of aryl methyl sites for hydroxylation is 1. The lowest BCUT2D eigenvalue weighted by Crippen LogP contribution is -2.13. The molecule has 0 bridgehead atoms. The van der Waals surface area contributed by atoms with E-state index in [0.29, 0.717) is 10.6 Å². The highest BCUT2D eigenvalue weighted by molar-refractivity contribution is 6.31. The fourth-order valence-corrected chi connectivity index (χ4v) is 2.55. The summed E-state index contributed by atoms with van der Waals surface area (Å²) in [5, 5.41) is 10.9. The van der Waals surface area contributed by atoms with Crippen molar-refractivity contribution < 1.29 is 9.90 Å². The van der Waals surface area contributed by atoms with E-state index in [1.807, 2.05) is 13.0 Å². The van der Waals surface area contributed by atoms with E-state index in [-0.39, 0.29) is 11.7 Å². The van der Waals surface area contributed by atoms with E-state index in [0.717, 1.165) is 16.6 Å². The minimum Gasteiger partial charge on any atom is -0.508 e. The Kier molecular flexibility index (Phi) is 2.99. The zero-order valence-electron chi connectivity index (χ0n) is 10.8. The summed E-state index contributed by atoms with van der Waals surface area (Å²) in [7, 11) is 0. The molecule has 1 heterocycles. The third kappa shape index (κ3) is 2.06. The first-order valence-corrected chi connectivity index (χ1v) is 6.55. The van der Waals surface area contributed by atoms with Crippen molar-refractivity contribution in [2.45, 2.75) is 6.92 Å². The van der Waals surface area contributed by atoms with Crippen LogP contribution in [0.4, 0.5) is 0 Å². The number of aromatic hydroxyl groups is 1. The van der Waals surface area contributed by atoms with Crippen LogP contribution in [0.25, 0.3) is 10.9 Å². The number of carbonyl (C=O) groups is 1. The number of phenolic OH excluding ortho intramolecular Hbond substituents is 1. The van der Waals surface area contributed by atoms with Gasteiger partial charge in [0.1, 0.15) is 5.75 Å². The molecular weight excluding hydrogens is 274 g/mol. The monoisotopic (exact) mass is 285 g/mol. The van der Waals surface area contributed by atoms with Crippen molar-refractivity contribution in [1.82, 2.24) is 4.57 Å². The van der Waals surface area contributed by atoms with Crippen molar-refractivity contribution >= 4 is 28.4 Å². The summed E-state index contributed by atoms with van der Waals surface area (Å²) in [5.41, 5.74) is 2.12. The Bertz CT molecular complexity index is 820. The molecule has 1 aromatic heterocycles. The number of halogens is 1. The molecule has 0 spiro atoms. The summed E-state index contributed by atoms with van der Waals surface area (Å²) in [4.78, 5) is 12.6. The zero-order chi connectivity index (χ0) is 14.3. The second-order valence-electron chi connectivity index (χ2n) is 4.68. The Hall–Kier alpha value is -2.26. The van der Waals surface area contributed by atoms with Crippen LogP contribution < -0.4 is 0 Å². The molecule has 0 unspecified atom stereocenters. The first-order valence-electron chi connectivity index (χ1n) is 6.17. The Morgan fingerprint density at radius 1 is 1.15 bits per heavy atom. The van der Waals surface area contributed by atoms with Gasteiger partial charge in [-0.15, -0.1) is 0 Å². The Morgan fingerprint density at radius 2 is 1.95 bits per heavy atom. The van der Waals surface area contributed by atoms with Crippen LogP contribution in [0, 0.1) is 6.92 Å². The molecule has 3 aromatic rings. The van der Waals surface area contributed by atoms with E-state index in [2.05, 4.69) is 0 Å². The van der Waals surface area contributed by atoms with Gasteiger partial charge >= 0.3 is 0 Å². The normalized spacial score (nSPS) is 10.9. The van der Waals surface area contributed by atoms with Gasteiger partial charge in [0, 0.05) is 21.7 Å². The van der Waals surface area contributed by atoms with Gasteiger partial charge in [0.2, 0.25) is 0 Å². The van der Waals surface area contributed by atoms with Crippen molar-refractivity contribution in [3.05, 3.63) is 64.8 Å². The average Bonchev–Trinajstić information content (AvgIpc) is 2.73. The Balaban J connectivity index is 2.19. The van der Waals surface area contributed by atoms with Crippen molar-refractivity contribution in [3.8, 4) is 5.75 Å². The van der Waals surface area contributed by atoms with Gasteiger partial charge in [0.05, 0.1) is 5.52 Å². The molecule has 0 aliphatic heterocycles. The van der Waals surface area contributed by atoms with E-state index in [4.69, 9.17) is 11.6 Å². The maximum Gasteiger partial charge on any atom is 0.262 e. The molecular formula is C16H12ClNO2. The zero-order valence-corrected chi connectivity index (χ0v) is 11.6. The third-order valence-corrected chi connectivity index (χ3v) is 3.48. The predicted molar refractivity (Wildman–Crippen MR) is 79.5 cm³/mol. The topological polar surface area (TPSA) is 42.2 Å². The molecule has 3 nitrogen and oxygen atoms in total. The molecule has 0 saturated carbocycles. The number of hydrogen-bond donors (Lipinski definition) is 1. The van der Waals surface area contributed by atoms with Crippen LogP contribution in [0.3, 0.4) is 0 Å². The van der Waals surface area contributed by atoms with Gasteiger partial charge in [-0.1, -0.05) is 17.7 Å². The van der Waals surface area contributed by atoms with Crippen LogP contribution in [-0.2, 0) is 0 Å². The minimum absolute atomic E-state index is 0.134. The Labute approximate surface area is 121 Å². The predicted octanol–water partition coefficient (Wildman–Crippen LogP) is 4.00. The molecule has 4 heteroatoms. The SMILES string of the molecule is Cc1cc2cc(O)ccc2n1C(=O)c1cccc(Cl)c1. The number of phenols is 1. The Morgan fingerprint density at radius 3 is 2.70 bits per heavy atom. The standard InChI is InChI=1S/C16H12ClNO2/c1-10-7-12-9-14(19)5-6-15(12)18(10)16(20)11-3-2-4-13(17)8-11/h2-9,19H,1H3. The molecule has 20 heavy (non-hydrogen) atoms. The van der Waals surface area contributed by atoms with E-state index in [1.165, 1.54) is 0 Å². The van der Waals surface area contributed by atoms with Crippen LogP contribution in [0.2, 0.25) is 5.02 Å². The number of rotatable bonds is 1. The largest absolute Gasteiger partial charge is 0.508 e. The van der Waals surface area contributed by atoms with Gasteiger partial charge in [0.25, 0.3) is 5.91 Å². The van der Waals surface area contributed by atoms with Gasteiger partial charge in [0.15, 0.2) is 0 Å². The quantitative estimate of drug-likeness (QED) is 0.734. The third-order valence-electron chi connectivity index (χ3n) is 3.24.